The summed E-state index contributed by atoms with van der Waals surface area (Å²) in [5.41, 5.74) is 0.516. The number of nitrogens with one attached hydrogen (secondary N) is 1. The van der Waals surface area contributed by atoms with Gasteiger partial charge in [-0.2, -0.15) is 4.37 Å². The van der Waals surface area contributed by atoms with Crippen LogP contribution in [0.25, 0.3) is 0 Å². The molecule has 1 aliphatic heterocycles. The lowest BCUT2D eigenvalue weighted by Gasteiger charge is -2.38. The number of morpholine rings is 1. The summed E-state index contributed by atoms with van der Waals surface area (Å²) < 4.78 is 24.3. The van der Waals surface area contributed by atoms with E-state index < -0.39 is 0 Å². The minimum atomic E-state index is -0.290. The van der Waals surface area contributed by atoms with Crippen molar-refractivity contribution < 1.29 is 9.13 Å². The van der Waals surface area contributed by atoms with E-state index in [0.717, 1.165) is 24.0 Å². The maximum atomic E-state index is 14.5. The minimum absolute atomic E-state index is 0.107. The molecule has 0 bridgehead atoms. The van der Waals surface area contributed by atoms with Crippen LogP contribution in [0.4, 0.5) is 9.52 Å². The predicted molar refractivity (Wildman–Crippen MR) is 94.3 cm³/mol. The van der Waals surface area contributed by atoms with Gasteiger partial charge in [0.1, 0.15) is 11.6 Å². The molecule has 2 atom stereocenters. The number of halogens is 2. The molecule has 2 aromatic rings. The molecule has 2 unspecified atom stereocenters. The first-order chi connectivity index (χ1) is 11.5. The molecule has 0 spiro atoms. The van der Waals surface area contributed by atoms with Crippen molar-refractivity contribution in [2.45, 2.75) is 26.0 Å². The molecule has 1 fully saturated rings. The lowest BCUT2D eigenvalue weighted by molar-refractivity contribution is -0.0331. The van der Waals surface area contributed by atoms with Gasteiger partial charge in [-0.1, -0.05) is 17.7 Å². The Kier molecular flexibility index (Phi) is 5.65. The van der Waals surface area contributed by atoms with Crippen LogP contribution in [0.15, 0.2) is 18.2 Å². The van der Waals surface area contributed by atoms with Crippen LogP contribution in [0.1, 0.15) is 24.4 Å². The van der Waals surface area contributed by atoms with Crippen molar-refractivity contribution in [1.29, 1.82) is 0 Å². The van der Waals surface area contributed by atoms with Crippen molar-refractivity contribution in [2.24, 2.45) is 0 Å². The van der Waals surface area contributed by atoms with Crippen LogP contribution in [0.3, 0.4) is 0 Å². The number of anilines is 1. The molecule has 2 heterocycles. The average Bonchev–Trinajstić information content (AvgIpc) is 2.95. The first-order valence-electron chi connectivity index (χ1n) is 7.88. The quantitative estimate of drug-likeness (QED) is 0.872. The van der Waals surface area contributed by atoms with Crippen molar-refractivity contribution in [1.82, 2.24) is 14.3 Å². The number of aromatic nitrogens is 2. The van der Waals surface area contributed by atoms with E-state index in [9.17, 15) is 4.39 Å². The molecule has 24 heavy (non-hydrogen) atoms. The van der Waals surface area contributed by atoms with E-state index in [2.05, 4.69) is 19.6 Å². The lowest BCUT2D eigenvalue weighted by Crippen LogP contribution is -2.45. The third-order valence-corrected chi connectivity index (χ3v) is 5.11. The summed E-state index contributed by atoms with van der Waals surface area (Å²) in [6, 6.07) is 4.61. The van der Waals surface area contributed by atoms with Crippen LogP contribution in [0, 0.1) is 12.7 Å². The molecule has 1 saturated heterocycles. The Balaban J connectivity index is 1.85. The summed E-state index contributed by atoms with van der Waals surface area (Å²) in [6.45, 7) is 6.45. The van der Waals surface area contributed by atoms with Gasteiger partial charge in [-0.25, -0.2) is 9.37 Å². The van der Waals surface area contributed by atoms with Gasteiger partial charge >= 0.3 is 0 Å². The maximum absolute atomic E-state index is 14.5. The normalized spacial score (nSPS) is 20.1. The van der Waals surface area contributed by atoms with Gasteiger partial charge in [0.15, 0.2) is 0 Å². The first kappa shape index (κ1) is 17.5. The van der Waals surface area contributed by atoms with E-state index in [1.807, 2.05) is 13.8 Å². The standard InChI is InChI=1S/C16H20ClFN4OS/c1-10-9-22(6-7-23-10)14(8-19-16-20-11(2)21-24-16)15-12(17)4-3-5-13(15)18/h3-5,10,14H,6-9H2,1-2H3,(H,19,20,21). The number of rotatable bonds is 5. The SMILES string of the molecule is Cc1nsc(NCC(c2c(F)cccc2Cl)N2CCOC(C)C2)n1. The summed E-state index contributed by atoms with van der Waals surface area (Å²) in [7, 11) is 0. The monoisotopic (exact) mass is 370 g/mol. The second kappa shape index (κ2) is 7.74. The van der Waals surface area contributed by atoms with Gasteiger partial charge in [0, 0.05) is 41.8 Å². The third-order valence-electron chi connectivity index (χ3n) is 4.02. The highest BCUT2D eigenvalue weighted by Gasteiger charge is 2.29. The van der Waals surface area contributed by atoms with Gasteiger partial charge in [-0.05, 0) is 26.0 Å². The topological polar surface area (TPSA) is 50.3 Å². The smallest absolute Gasteiger partial charge is 0.202 e. The fraction of sp³-hybridized carbons (Fsp3) is 0.500. The van der Waals surface area contributed by atoms with E-state index in [-0.39, 0.29) is 18.0 Å². The van der Waals surface area contributed by atoms with E-state index in [4.69, 9.17) is 16.3 Å². The minimum Gasteiger partial charge on any atom is -0.376 e. The van der Waals surface area contributed by atoms with Gasteiger partial charge in [-0.3, -0.25) is 4.90 Å². The van der Waals surface area contributed by atoms with Gasteiger partial charge in [0.05, 0.1) is 18.8 Å². The van der Waals surface area contributed by atoms with Crippen LogP contribution in [0.5, 0.6) is 0 Å². The summed E-state index contributed by atoms with van der Waals surface area (Å²) in [5, 5.41) is 4.44. The van der Waals surface area contributed by atoms with Crippen LogP contribution in [-0.2, 0) is 4.74 Å². The molecule has 1 aromatic heterocycles. The highest BCUT2D eigenvalue weighted by molar-refractivity contribution is 7.09. The van der Waals surface area contributed by atoms with Crippen LogP contribution in [-0.4, -0.2) is 46.6 Å². The fourth-order valence-electron chi connectivity index (χ4n) is 2.92. The predicted octanol–water partition coefficient (Wildman–Crippen LogP) is 3.51. The van der Waals surface area contributed by atoms with Gasteiger partial charge in [0.25, 0.3) is 0 Å². The third kappa shape index (κ3) is 4.03. The number of ether oxygens (including phenoxy) is 1. The highest BCUT2D eigenvalue weighted by Crippen LogP contribution is 2.31. The maximum Gasteiger partial charge on any atom is 0.202 e. The Morgan fingerprint density at radius 3 is 3.04 bits per heavy atom. The molecule has 0 aliphatic carbocycles. The van der Waals surface area contributed by atoms with Crippen LogP contribution < -0.4 is 5.32 Å². The molecule has 0 saturated carbocycles. The van der Waals surface area contributed by atoms with Gasteiger partial charge in [-0.15, -0.1) is 0 Å². The molecule has 1 N–H and O–H groups in total. The number of hydrogen-bond acceptors (Lipinski definition) is 6. The van der Waals surface area contributed by atoms with E-state index in [1.54, 1.807) is 12.1 Å². The largest absolute Gasteiger partial charge is 0.376 e. The first-order valence-corrected chi connectivity index (χ1v) is 9.03. The van der Waals surface area contributed by atoms with Crippen molar-refractivity contribution >= 4 is 28.3 Å². The van der Waals surface area contributed by atoms with E-state index >= 15 is 0 Å². The Bertz CT molecular complexity index is 678. The molecule has 0 radical (unpaired) electrons. The Hall–Kier alpha value is -1.28. The number of benzene rings is 1. The van der Waals surface area contributed by atoms with E-state index in [1.165, 1.54) is 17.6 Å². The summed E-state index contributed by atoms with van der Waals surface area (Å²) in [4.78, 5) is 6.52. The summed E-state index contributed by atoms with van der Waals surface area (Å²) in [6.07, 6.45) is 0.107. The summed E-state index contributed by atoms with van der Waals surface area (Å²) >= 11 is 7.61. The Morgan fingerprint density at radius 1 is 1.54 bits per heavy atom. The zero-order chi connectivity index (χ0) is 17.1. The zero-order valence-corrected chi connectivity index (χ0v) is 15.2. The lowest BCUT2D eigenvalue weighted by atomic mass is 10.0. The van der Waals surface area contributed by atoms with Crippen LogP contribution >= 0.6 is 23.1 Å². The zero-order valence-electron chi connectivity index (χ0n) is 13.6. The molecule has 0 amide bonds. The van der Waals surface area contributed by atoms with Gasteiger partial charge in [0.2, 0.25) is 5.13 Å². The number of hydrogen-bond donors (Lipinski definition) is 1. The molecular formula is C16H20ClFN4OS. The molecule has 1 aromatic carbocycles. The summed E-state index contributed by atoms with van der Waals surface area (Å²) in [5.74, 6) is 0.435. The van der Waals surface area contributed by atoms with Crippen molar-refractivity contribution in [3.63, 3.8) is 0 Å². The Morgan fingerprint density at radius 2 is 2.38 bits per heavy atom. The number of nitrogens with zero attached hydrogens (tertiary/aromatic N) is 3. The molecule has 5 nitrogen and oxygen atoms in total. The Labute approximate surface area is 150 Å². The second-order valence-corrected chi connectivity index (χ2v) is 7.01. The van der Waals surface area contributed by atoms with Crippen LogP contribution in [0.2, 0.25) is 5.02 Å². The molecular weight excluding hydrogens is 351 g/mol. The second-order valence-electron chi connectivity index (χ2n) is 5.86. The molecule has 3 rings (SSSR count). The molecule has 130 valence electrons. The highest BCUT2D eigenvalue weighted by atomic mass is 35.5. The average molecular weight is 371 g/mol. The van der Waals surface area contributed by atoms with Crippen molar-refractivity contribution in [3.05, 3.63) is 40.4 Å². The van der Waals surface area contributed by atoms with E-state index in [0.29, 0.717) is 23.7 Å². The fourth-order valence-corrected chi connectivity index (χ4v) is 3.79. The molecule has 1 aliphatic rings. The van der Waals surface area contributed by atoms with Crippen molar-refractivity contribution in [2.75, 3.05) is 31.6 Å². The van der Waals surface area contributed by atoms with Crippen molar-refractivity contribution in [3.8, 4) is 0 Å². The molecule has 8 heteroatoms. The number of aryl methyl sites for hydroxylation is 1. The van der Waals surface area contributed by atoms with Gasteiger partial charge < -0.3 is 10.1 Å².